The summed E-state index contributed by atoms with van der Waals surface area (Å²) in [5, 5.41) is 3.55. The van der Waals surface area contributed by atoms with Gasteiger partial charge in [0.1, 0.15) is 0 Å². The van der Waals surface area contributed by atoms with Gasteiger partial charge in [0, 0.05) is 13.7 Å². The molecule has 1 aromatic rings. The molecule has 2 heteroatoms. The fourth-order valence-corrected chi connectivity index (χ4v) is 2.48. The molecular formula is C17H29NO. The smallest absolute Gasteiger partial charge is 0.0491 e. The van der Waals surface area contributed by atoms with E-state index in [1.165, 1.54) is 17.5 Å². The van der Waals surface area contributed by atoms with Crippen molar-refractivity contribution in [2.45, 2.75) is 33.6 Å². The number of hydrogen-bond acceptors (Lipinski definition) is 2. The Morgan fingerprint density at radius 3 is 2.74 bits per heavy atom. The van der Waals surface area contributed by atoms with Gasteiger partial charge in [-0.3, -0.25) is 0 Å². The molecule has 1 rings (SSSR count). The summed E-state index contributed by atoms with van der Waals surface area (Å²) in [5.74, 6) is 1.21. The summed E-state index contributed by atoms with van der Waals surface area (Å²) < 4.78 is 5.32. The van der Waals surface area contributed by atoms with Crippen molar-refractivity contribution in [1.82, 2.24) is 5.32 Å². The zero-order valence-electron chi connectivity index (χ0n) is 12.9. The van der Waals surface area contributed by atoms with E-state index in [4.69, 9.17) is 4.74 Å². The van der Waals surface area contributed by atoms with Crippen molar-refractivity contribution in [2.24, 2.45) is 11.8 Å². The second-order valence-corrected chi connectivity index (χ2v) is 5.59. The molecule has 0 fully saturated rings. The van der Waals surface area contributed by atoms with Crippen molar-refractivity contribution in [1.29, 1.82) is 0 Å². The van der Waals surface area contributed by atoms with Gasteiger partial charge in [-0.15, -0.1) is 0 Å². The minimum atomic E-state index is 0.579. The Labute approximate surface area is 118 Å². The Bertz CT molecular complexity index is 351. The van der Waals surface area contributed by atoms with Crippen LogP contribution < -0.4 is 5.32 Å². The van der Waals surface area contributed by atoms with E-state index in [0.717, 1.165) is 26.1 Å². The fraction of sp³-hybridized carbons (Fsp3) is 0.647. The molecule has 0 aliphatic carbocycles. The molecule has 0 bridgehead atoms. The second-order valence-electron chi connectivity index (χ2n) is 5.59. The van der Waals surface area contributed by atoms with E-state index in [-0.39, 0.29) is 0 Å². The summed E-state index contributed by atoms with van der Waals surface area (Å²) in [6.07, 6.45) is 2.32. The molecule has 0 aliphatic rings. The first-order chi connectivity index (χ1) is 9.17. The van der Waals surface area contributed by atoms with Crippen molar-refractivity contribution in [3.8, 4) is 0 Å². The number of ether oxygens (including phenoxy) is 1. The maximum Gasteiger partial charge on any atom is 0.0491 e. The maximum atomic E-state index is 5.32. The molecule has 2 nitrogen and oxygen atoms in total. The number of aryl methyl sites for hydroxylation is 1. The highest BCUT2D eigenvalue weighted by Crippen LogP contribution is 2.18. The fourth-order valence-electron chi connectivity index (χ4n) is 2.48. The molecule has 2 unspecified atom stereocenters. The summed E-state index contributed by atoms with van der Waals surface area (Å²) in [7, 11) is 1.79. The molecular weight excluding hydrogens is 234 g/mol. The van der Waals surface area contributed by atoms with Crippen LogP contribution in [0.1, 0.15) is 31.4 Å². The van der Waals surface area contributed by atoms with Gasteiger partial charge in [0.25, 0.3) is 0 Å². The monoisotopic (exact) mass is 263 g/mol. The molecule has 0 aromatic heterocycles. The van der Waals surface area contributed by atoms with Crippen LogP contribution in [0, 0.1) is 18.8 Å². The second kappa shape index (κ2) is 9.11. The number of methoxy groups -OCH3 is 1. The van der Waals surface area contributed by atoms with Gasteiger partial charge in [0.2, 0.25) is 0 Å². The number of rotatable bonds is 9. The Balaban J connectivity index is 2.61. The average Bonchev–Trinajstić information content (AvgIpc) is 2.38. The lowest BCUT2D eigenvalue weighted by molar-refractivity contribution is 0.128. The summed E-state index contributed by atoms with van der Waals surface area (Å²) in [4.78, 5) is 0. The van der Waals surface area contributed by atoms with Gasteiger partial charge < -0.3 is 10.1 Å². The highest BCUT2D eigenvalue weighted by molar-refractivity contribution is 5.22. The summed E-state index contributed by atoms with van der Waals surface area (Å²) in [5.41, 5.74) is 2.78. The molecule has 0 heterocycles. The zero-order chi connectivity index (χ0) is 14.1. The lowest BCUT2D eigenvalue weighted by atomic mass is 9.88. The van der Waals surface area contributed by atoms with E-state index in [1.807, 2.05) is 0 Å². The first-order valence-electron chi connectivity index (χ1n) is 7.42. The summed E-state index contributed by atoms with van der Waals surface area (Å²) in [6, 6.07) is 8.85. The summed E-state index contributed by atoms with van der Waals surface area (Å²) >= 11 is 0. The van der Waals surface area contributed by atoms with E-state index >= 15 is 0 Å². The highest BCUT2D eigenvalue weighted by Gasteiger charge is 2.17. The lowest BCUT2D eigenvalue weighted by Crippen LogP contribution is -2.31. The number of hydrogen-bond donors (Lipinski definition) is 1. The molecule has 0 spiro atoms. The van der Waals surface area contributed by atoms with Crippen molar-refractivity contribution < 1.29 is 4.74 Å². The first kappa shape index (κ1) is 16.2. The van der Waals surface area contributed by atoms with E-state index < -0.39 is 0 Å². The molecule has 0 amide bonds. The minimum Gasteiger partial charge on any atom is -0.384 e. The molecule has 1 aromatic carbocycles. The quantitative estimate of drug-likeness (QED) is 0.689. The molecule has 0 saturated heterocycles. The van der Waals surface area contributed by atoms with Crippen LogP contribution in [-0.4, -0.2) is 26.8 Å². The van der Waals surface area contributed by atoms with Gasteiger partial charge in [-0.05, 0) is 50.3 Å². The van der Waals surface area contributed by atoms with Crippen LogP contribution >= 0.6 is 0 Å². The topological polar surface area (TPSA) is 21.3 Å². The standard InChI is InChI=1S/C17H29NO/c1-5-9-18-12-17(15(3)13-19-4)11-16-8-6-7-14(2)10-16/h6-8,10,15,17-18H,5,9,11-13H2,1-4H3. The predicted molar refractivity (Wildman–Crippen MR) is 82.6 cm³/mol. The van der Waals surface area contributed by atoms with E-state index in [2.05, 4.69) is 50.4 Å². The van der Waals surface area contributed by atoms with Crippen LogP contribution in [0.25, 0.3) is 0 Å². The SMILES string of the molecule is CCCNCC(Cc1cccc(C)c1)C(C)COC. The molecule has 1 N–H and O–H groups in total. The van der Waals surface area contributed by atoms with E-state index in [9.17, 15) is 0 Å². The Morgan fingerprint density at radius 2 is 2.11 bits per heavy atom. The highest BCUT2D eigenvalue weighted by atomic mass is 16.5. The van der Waals surface area contributed by atoms with Crippen LogP contribution in [0.2, 0.25) is 0 Å². The predicted octanol–water partition coefficient (Wildman–Crippen LogP) is 3.44. The van der Waals surface area contributed by atoms with Crippen LogP contribution in [0.15, 0.2) is 24.3 Å². The Kier molecular flexibility index (Phi) is 7.76. The van der Waals surface area contributed by atoms with Crippen LogP contribution in [0.5, 0.6) is 0 Å². The Hall–Kier alpha value is -0.860. The number of nitrogens with one attached hydrogen (secondary N) is 1. The molecule has 19 heavy (non-hydrogen) atoms. The minimum absolute atomic E-state index is 0.579. The van der Waals surface area contributed by atoms with Gasteiger partial charge in [-0.25, -0.2) is 0 Å². The molecule has 0 radical (unpaired) electrons. The van der Waals surface area contributed by atoms with Crippen molar-refractivity contribution in [3.63, 3.8) is 0 Å². The molecule has 108 valence electrons. The normalized spacial score (nSPS) is 14.3. The zero-order valence-corrected chi connectivity index (χ0v) is 12.9. The van der Waals surface area contributed by atoms with Crippen molar-refractivity contribution >= 4 is 0 Å². The van der Waals surface area contributed by atoms with Gasteiger partial charge in [-0.2, -0.15) is 0 Å². The molecule has 0 saturated carbocycles. The van der Waals surface area contributed by atoms with Crippen LogP contribution in [0.4, 0.5) is 0 Å². The Morgan fingerprint density at radius 1 is 1.32 bits per heavy atom. The van der Waals surface area contributed by atoms with Crippen molar-refractivity contribution in [2.75, 3.05) is 26.8 Å². The van der Waals surface area contributed by atoms with Gasteiger partial charge >= 0.3 is 0 Å². The third kappa shape index (κ3) is 6.22. The lowest BCUT2D eigenvalue weighted by Gasteiger charge is -2.24. The van der Waals surface area contributed by atoms with Gasteiger partial charge in [-0.1, -0.05) is 43.7 Å². The van der Waals surface area contributed by atoms with Crippen LogP contribution in [0.3, 0.4) is 0 Å². The average molecular weight is 263 g/mol. The maximum absolute atomic E-state index is 5.32. The third-order valence-electron chi connectivity index (χ3n) is 3.65. The van der Waals surface area contributed by atoms with Gasteiger partial charge in [0.05, 0.1) is 0 Å². The molecule has 2 atom stereocenters. The first-order valence-corrected chi connectivity index (χ1v) is 7.42. The largest absolute Gasteiger partial charge is 0.384 e. The van der Waals surface area contributed by atoms with Gasteiger partial charge in [0.15, 0.2) is 0 Å². The van der Waals surface area contributed by atoms with Crippen LogP contribution in [-0.2, 0) is 11.2 Å². The van der Waals surface area contributed by atoms with Crippen molar-refractivity contribution in [3.05, 3.63) is 35.4 Å². The number of benzene rings is 1. The molecule has 0 aliphatic heterocycles. The third-order valence-corrected chi connectivity index (χ3v) is 3.65. The summed E-state index contributed by atoms with van der Waals surface area (Å²) in [6.45, 7) is 9.67. The van der Waals surface area contributed by atoms with E-state index in [1.54, 1.807) is 7.11 Å². The van der Waals surface area contributed by atoms with E-state index in [0.29, 0.717) is 11.8 Å².